The maximum atomic E-state index is 5.95. The predicted octanol–water partition coefficient (Wildman–Crippen LogP) is 4.35. The first-order valence-electron chi connectivity index (χ1n) is 6.61. The van der Waals surface area contributed by atoms with Gasteiger partial charge in [0.15, 0.2) is 11.5 Å². The molecule has 1 saturated carbocycles. The fourth-order valence-electron chi connectivity index (χ4n) is 2.06. The van der Waals surface area contributed by atoms with Crippen molar-refractivity contribution in [2.75, 3.05) is 7.11 Å². The predicted molar refractivity (Wildman–Crippen MR) is 72.0 cm³/mol. The lowest BCUT2D eigenvalue weighted by Gasteiger charge is -2.16. The van der Waals surface area contributed by atoms with Gasteiger partial charge in [0.1, 0.15) is 0 Å². The van der Waals surface area contributed by atoms with Gasteiger partial charge in [-0.3, -0.25) is 0 Å². The quantitative estimate of drug-likeness (QED) is 0.776. The van der Waals surface area contributed by atoms with E-state index in [9.17, 15) is 0 Å². The van der Waals surface area contributed by atoms with E-state index in [1.54, 1.807) is 7.11 Å². The maximum Gasteiger partial charge on any atom is 0.161 e. The van der Waals surface area contributed by atoms with Crippen molar-refractivity contribution in [1.82, 2.24) is 0 Å². The summed E-state index contributed by atoms with van der Waals surface area (Å²) in [5, 5.41) is 0. The molecule has 0 heterocycles. The van der Waals surface area contributed by atoms with Crippen molar-refractivity contribution in [3.05, 3.63) is 23.8 Å². The van der Waals surface area contributed by atoms with E-state index in [1.165, 1.54) is 31.2 Å². The minimum absolute atomic E-state index is 0.390. The molecular formula is C15H24O2. The molecule has 0 radical (unpaired) electrons. The van der Waals surface area contributed by atoms with Crippen LogP contribution in [0.2, 0.25) is 0 Å². The van der Waals surface area contributed by atoms with Crippen molar-refractivity contribution in [3.63, 3.8) is 0 Å². The summed E-state index contributed by atoms with van der Waals surface area (Å²) in [5.41, 5.74) is 1.21. The molecule has 2 rings (SSSR count). The number of methoxy groups -OCH3 is 1. The highest BCUT2D eigenvalue weighted by Crippen LogP contribution is 2.32. The Labute approximate surface area is 105 Å². The molecule has 96 valence electrons. The Hall–Kier alpha value is -1.18. The molecule has 1 aromatic carbocycles. The van der Waals surface area contributed by atoms with Gasteiger partial charge in [-0.2, -0.15) is 0 Å². The van der Waals surface area contributed by atoms with Crippen LogP contribution in [0.5, 0.6) is 11.5 Å². The molecule has 0 saturated heterocycles. The highest BCUT2D eigenvalue weighted by molar-refractivity contribution is 5.42. The first-order chi connectivity index (χ1) is 8.29. The second-order valence-electron chi connectivity index (χ2n) is 4.18. The summed E-state index contributed by atoms with van der Waals surface area (Å²) in [6, 6.07) is 6.07. The Kier molecular flexibility index (Phi) is 5.88. The van der Waals surface area contributed by atoms with Crippen LogP contribution in [0.3, 0.4) is 0 Å². The molecule has 0 spiro atoms. The molecule has 0 unspecified atom stereocenters. The topological polar surface area (TPSA) is 18.5 Å². The first kappa shape index (κ1) is 13.9. The molecule has 1 fully saturated rings. The highest BCUT2D eigenvalue weighted by Gasteiger charge is 2.18. The lowest BCUT2D eigenvalue weighted by molar-refractivity contribution is 0.200. The second-order valence-corrected chi connectivity index (χ2v) is 4.18. The van der Waals surface area contributed by atoms with Gasteiger partial charge in [0.25, 0.3) is 0 Å². The van der Waals surface area contributed by atoms with E-state index in [4.69, 9.17) is 9.47 Å². The minimum Gasteiger partial charge on any atom is -0.493 e. The molecule has 0 amide bonds. The van der Waals surface area contributed by atoms with E-state index < -0.39 is 0 Å². The van der Waals surface area contributed by atoms with Crippen molar-refractivity contribution in [1.29, 1.82) is 0 Å². The van der Waals surface area contributed by atoms with E-state index in [1.807, 2.05) is 26.0 Å². The number of hydrogen-bond acceptors (Lipinski definition) is 2. The average Bonchev–Trinajstić information content (AvgIpc) is 2.85. The van der Waals surface area contributed by atoms with E-state index in [0.717, 1.165) is 11.5 Å². The van der Waals surface area contributed by atoms with Crippen molar-refractivity contribution < 1.29 is 9.47 Å². The van der Waals surface area contributed by atoms with E-state index in [2.05, 4.69) is 13.0 Å². The van der Waals surface area contributed by atoms with E-state index >= 15 is 0 Å². The van der Waals surface area contributed by atoms with Gasteiger partial charge in [0.05, 0.1) is 13.2 Å². The van der Waals surface area contributed by atoms with Gasteiger partial charge in [0.2, 0.25) is 0 Å². The van der Waals surface area contributed by atoms with Gasteiger partial charge >= 0.3 is 0 Å². The van der Waals surface area contributed by atoms with Gasteiger partial charge in [-0.05, 0) is 50.3 Å². The molecule has 0 bridgehead atoms. The summed E-state index contributed by atoms with van der Waals surface area (Å²) in [4.78, 5) is 0. The third-order valence-corrected chi connectivity index (χ3v) is 2.91. The molecular weight excluding hydrogens is 212 g/mol. The zero-order valence-corrected chi connectivity index (χ0v) is 11.5. The van der Waals surface area contributed by atoms with Crippen LogP contribution in [0, 0.1) is 6.92 Å². The van der Waals surface area contributed by atoms with Crippen LogP contribution in [0.4, 0.5) is 0 Å². The van der Waals surface area contributed by atoms with Gasteiger partial charge in [-0.25, -0.2) is 0 Å². The molecule has 2 heteroatoms. The lowest BCUT2D eigenvalue weighted by Crippen LogP contribution is -2.11. The standard InChI is InChI=1S/C13H18O2.C2H6/c1-10-7-8-12(14-2)13(9-10)15-11-5-3-4-6-11;1-2/h7-9,11H,3-6H2,1-2H3;1-2H3. The van der Waals surface area contributed by atoms with Crippen LogP contribution in [-0.2, 0) is 0 Å². The zero-order chi connectivity index (χ0) is 12.7. The Morgan fingerprint density at radius 3 is 2.29 bits per heavy atom. The Morgan fingerprint density at radius 1 is 1.06 bits per heavy atom. The molecule has 0 aromatic heterocycles. The summed E-state index contributed by atoms with van der Waals surface area (Å²) in [6.45, 7) is 6.07. The second kappa shape index (κ2) is 7.21. The monoisotopic (exact) mass is 236 g/mol. The van der Waals surface area contributed by atoms with Crippen molar-refractivity contribution in [2.24, 2.45) is 0 Å². The van der Waals surface area contributed by atoms with Crippen molar-refractivity contribution in [3.8, 4) is 11.5 Å². The van der Waals surface area contributed by atoms with Crippen molar-refractivity contribution >= 4 is 0 Å². The van der Waals surface area contributed by atoms with Crippen LogP contribution in [0.15, 0.2) is 18.2 Å². The van der Waals surface area contributed by atoms with E-state index in [-0.39, 0.29) is 0 Å². The molecule has 17 heavy (non-hydrogen) atoms. The highest BCUT2D eigenvalue weighted by atomic mass is 16.5. The van der Waals surface area contributed by atoms with Gasteiger partial charge < -0.3 is 9.47 Å². The van der Waals surface area contributed by atoms with Gasteiger partial charge in [-0.15, -0.1) is 0 Å². The van der Waals surface area contributed by atoms with Crippen LogP contribution in [0.1, 0.15) is 45.1 Å². The van der Waals surface area contributed by atoms with Crippen molar-refractivity contribution in [2.45, 2.75) is 52.6 Å². The minimum atomic E-state index is 0.390. The maximum absolute atomic E-state index is 5.95. The largest absolute Gasteiger partial charge is 0.493 e. The molecule has 0 aliphatic heterocycles. The lowest BCUT2D eigenvalue weighted by atomic mass is 10.2. The summed E-state index contributed by atoms with van der Waals surface area (Å²) in [7, 11) is 1.69. The number of ether oxygens (including phenoxy) is 2. The first-order valence-corrected chi connectivity index (χ1v) is 6.61. The normalized spacial score (nSPS) is 15.1. The summed E-state index contributed by atoms with van der Waals surface area (Å²) < 4.78 is 11.2. The van der Waals surface area contributed by atoms with Gasteiger partial charge in [0, 0.05) is 0 Å². The average molecular weight is 236 g/mol. The van der Waals surface area contributed by atoms with Gasteiger partial charge in [-0.1, -0.05) is 19.9 Å². The zero-order valence-electron chi connectivity index (χ0n) is 11.5. The fourth-order valence-corrected chi connectivity index (χ4v) is 2.06. The Balaban J connectivity index is 0.000000686. The smallest absolute Gasteiger partial charge is 0.161 e. The molecule has 1 aliphatic carbocycles. The molecule has 0 N–H and O–H groups in total. The SMILES string of the molecule is CC.COc1ccc(C)cc1OC1CCCC1. The Bertz CT molecular complexity index is 328. The summed E-state index contributed by atoms with van der Waals surface area (Å²) in [6.07, 6.45) is 5.33. The summed E-state index contributed by atoms with van der Waals surface area (Å²) >= 11 is 0. The molecule has 0 atom stereocenters. The number of benzene rings is 1. The van der Waals surface area contributed by atoms with Crippen LogP contribution in [-0.4, -0.2) is 13.2 Å². The third kappa shape index (κ3) is 3.95. The third-order valence-electron chi connectivity index (χ3n) is 2.91. The summed E-state index contributed by atoms with van der Waals surface area (Å²) in [5.74, 6) is 1.73. The Morgan fingerprint density at radius 2 is 1.71 bits per heavy atom. The van der Waals surface area contributed by atoms with E-state index in [0.29, 0.717) is 6.10 Å². The molecule has 1 aliphatic rings. The van der Waals surface area contributed by atoms with Crippen LogP contribution in [0.25, 0.3) is 0 Å². The number of hydrogen-bond donors (Lipinski definition) is 0. The van der Waals surface area contributed by atoms with Crippen LogP contribution < -0.4 is 9.47 Å². The molecule has 1 aromatic rings. The number of rotatable bonds is 3. The molecule has 2 nitrogen and oxygen atoms in total. The van der Waals surface area contributed by atoms with Crippen LogP contribution >= 0.6 is 0 Å². The number of aryl methyl sites for hydroxylation is 1. The fraction of sp³-hybridized carbons (Fsp3) is 0.600.